The van der Waals surface area contributed by atoms with Gasteiger partial charge < -0.3 is 14.6 Å². The molecule has 1 rings (SSSR count). The Balaban J connectivity index is 3.41. The molecular formula is C11H8F3NO4. The summed E-state index contributed by atoms with van der Waals surface area (Å²) < 4.78 is 44.6. The van der Waals surface area contributed by atoms with Gasteiger partial charge in [0.2, 0.25) is 0 Å². The van der Waals surface area contributed by atoms with Crippen LogP contribution in [0.1, 0.15) is 21.5 Å². The van der Waals surface area contributed by atoms with E-state index in [2.05, 4.69) is 9.47 Å². The van der Waals surface area contributed by atoms with Gasteiger partial charge in [-0.05, 0) is 12.1 Å². The molecule has 0 saturated carbocycles. The van der Waals surface area contributed by atoms with Crippen LogP contribution in [0.4, 0.5) is 13.2 Å². The third kappa shape index (κ3) is 3.59. The van der Waals surface area contributed by atoms with E-state index in [0.29, 0.717) is 0 Å². The van der Waals surface area contributed by atoms with Crippen LogP contribution in [-0.2, 0) is 11.3 Å². The van der Waals surface area contributed by atoms with Crippen LogP contribution >= 0.6 is 0 Å². The zero-order chi connectivity index (χ0) is 14.6. The molecule has 0 bridgehead atoms. The van der Waals surface area contributed by atoms with Crippen molar-refractivity contribution in [1.82, 2.24) is 0 Å². The molecule has 0 spiro atoms. The van der Waals surface area contributed by atoms with Crippen LogP contribution in [0.5, 0.6) is 5.75 Å². The van der Waals surface area contributed by atoms with Crippen molar-refractivity contribution < 1.29 is 32.5 Å². The van der Waals surface area contributed by atoms with Crippen molar-refractivity contribution >= 4 is 5.97 Å². The van der Waals surface area contributed by atoms with Crippen LogP contribution in [0.25, 0.3) is 0 Å². The largest absolute Gasteiger partial charge is 0.573 e. The molecule has 0 amide bonds. The number of hydrogen-bond donors (Lipinski definition) is 1. The summed E-state index contributed by atoms with van der Waals surface area (Å²) in [6.45, 7) is -0.838. The number of carbonyl (C=O) groups is 1. The SMILES string of the molecule is COC(=O)c1cc(C#N)c(CO)c(OC(F)(F)F)c1. The van der Waals surface area contributed by atoms with Gasteiger partial charge in [0.05, 0.1) is 30.9 Å². The molecule has 0 aliphatic rings. The van der Waals surface area contributed by atoms with E-state index in [-0.39, 0.29) is 16.7 Å². The third-order valence-electron chi connectivity index (χ3n) is 2.13. The summed E-state index contributed by atoms with van der Waals surface area (Å²) >= 11 is 0. The third-order valence-corrected chi connectivity index (χ3v) is 2.13. The summed E-state index contributed by atoms with van der Waals surface area (Å²) in [4.78, 5) is 11.3. The van der Waals surface area contributed by atoms with E-state index < -0.39 is 24.7 Å². The molecule has 1 aromatic rings. The minimum Gasteiger partial charge on any atom is -0.465 e. The summed E-state index contributed by atoms with van der Waals surface area (Å²) in [5.74, 6) is -1.73. The zero-order valence-corrected chi connectivity index (χ0v) is 9.61. The van der Waals surface area contributed by atoms with Crippen molar-refractivity contribution in [1.29, 1.82) is 5.26 Å². The molecule has 1 N–H and O–H groups in total. The Bertz CT molecular complexity index is 534. The number of esters is 1. The lowest BCUT2D eigenvalue weighted by atomic mass is 10.0. The fraction of sp³-hybridized carbons (Fsp3) is 0.273. The maximum atomic E-state index is 12.2. The molecule has 1 aromatic carbocycles. The van der Waals surface area contributed by atoms with Gasteiger partial charge in [0.1, 0.15) is 5.75 Å². The molecular weight excluding hydrogens is 267 g/mol. The number of methoxy groups -OCH3 is 1. The Morgan fingerprint density at radius 3 is 2.53 bits per heavy atom. The van der Waals surface area contributed by atoms with Crippen LogP contribution in [0, 0.1) is 11.3 Å². The number of nitrogens with zero attached hydrogens (tertiary/aromatic N) is 1. The highest BCUT2D eigenvalue weighted by molar-refractivity contribution is 5.90. The fourth-order valence-electron chi connectivity index (χ4n) is 1.36. The van der Waals surface area contributed by atoms with Crippen molar-refractivity contribution in [3.8, 4) is 11.8 Å². The molecule has 0 fully saturated rings. The summed E-state index contributed by atoms with van der Waals surface area (Å²) in [6.07, 6.45) is -5.01. The number of aliphatic hydroxyl groups excluding tert-OH is 1. The monoisotopic (exact) mass is 275 g/mol. The number of rotatable bonds is 3. The second-order valence-electron chi connectivity index (χ2n) is 3.31. The minimum atomic E-state index is -5.01. The number of benzene rings is 1. The standard InChI is InChI=1S/C11H8F3NO4/c1-18-10(17)6-2-7(4-15)8(5-16)9(3-6)19-11(12,13)14/h2-3,16H,5H2,1H3. The first-order valence-electron chi connectivity index (χ1n) is 4.84. The van der Waals surface area contributed by atoms with E-state index in [1.807, 2.05) is 0 Å². The molecule has 5 nitrogen and oxygen atoms in total. The molecule has 0 heterocycles. The maximum absolute atomic E-state index is 12.2. The van der Waals surface area contributed by atoms with Crippen LogP contribution in [0.3, 0.4) is 0 Å². The van der Waals surface area contributed by atoms with Gasteiger partial charge >= 0.3 is 12.3 Å². The number of halogens is 3. The van der Waals surface area contributed by atoms with E-state index in [4.69, 9.17) is 10.4 Å². The highest BCUT2D eigenvalue weighted by atomic mass is 19.4. The summed E-state index contributed by atoms with van der Waals surface area (Å²) in [5.41, 5.74) is -0.937. The van der Waals surface area contributed by atoms with Gasteiger partial charge in [-0.25, -0.2) is 4.79 Å². The Hall–Kier alpha value is -2.27. The van der Waals surface area contributed by atoms with Gasteiger partial charge in [0.15, 0.2) is 0 Å². The van der Waals surface area contributed by atoms with E-state index in [1.165, 1.54) is 0 Å². The van der Waals surface area contributed by atoms with Gasteiger partial charge in [-0.15, -0.1) is 13.2 Å². The van der Waals surface area contributed by atoms with Gasteiger partial charge in [0.25, 0.3) is 0 Å². The number of hydrogen-bond acceptors (Lipinski definition) is 5. The van der Waals surface area contributed by atoms with Gasteiger partial charge in [-0.1, -0.05) is 0 Å². The van der Waals surface area contributed by atoms with Gasteiger partial charge in [0, 0.05) is 5.56 Å². The molecule has 0 aliphatic carbocycles. The topological polar surface area (TPSA) is 79.6 Å². The highest BCUT2D eigenvalue weighted by Crippen LogP contribution is 2.30. The number of alkyl halides is 3. The van der Waals surface area contributed by atoms with Crippen LogP contribution < -0.4 is 4.74 Å². The molecule has 0 aliphatic heterocycles. The lowest BCUT2D eigenvalue weighted by Crippen LogP contribution is -2.19. The second-order valence-corrected chi connectivity index (χ2v) is 3.31. The Labute approximate surface area is 105 Å². The fourth-order valence-corrected chi connectivity index (χ4v) is 1.36. The molecule has 102 valence electrons. The summed E-state index contributed by atoms with van der Waals surface area (Å²) in [7, 11) is 1.04. The Morgan fingerprint density at radius 1 is 1.47 bits per heavy atom. The smallest absolute Gasteiger partial charge is 0.465 e. The Morgan fingerprint density at radius 2 is 2.11 bits per heavy atom. The maximum Gasteiger partial charge on any atom is 0.573 e. The highest BCUT2D eigenvalue weighted by Gasteiger charge is 2.33. The van der Waals surface area contributed by atoms with Crippen LogP contribution in [-0.4, -0.2) is 24.5 Å². The molecule has 0 atom stereocenters. The van der Waals surface area contributed by atoms with Gasteiger partial charge in [-0.2, -0.15) is 5.26 Å². The average Bonchev–Trinajstić information content (AvgIpc) is 2.34. The summed E-state index contributed by atoms with van der Waals surface area (Å²) in [6, 6.07) is 3.35. The molecule has 19 heavy (non-hydrogen) atoms. The predicted octanol–water partition coefficient (Wildman–Crippen LogP) is 1.74. The summed E-state index contributed by atoms with van der Waals surface area (Å²) in [5, 5.41) is 17.8. The number of aliphatic hydroxyl groups is 1. The lowest BCUT2D eigenvalue weighted by Gasteiger charge is -2.14. The first-order chi connectivity index (χ1) is 8.82. The van der Waals surface area contributed by atoms with Crippen LogP contribution in [0.2, 0.25) is 0 Å². The first kappa shape index (κ1) is 14.8. The number of carbonyl (C=O) groups excluding carboxylic acids is 1. The van der Waals surface area contributed by atoms with Crippen LogP contribution in [0.15, 0.2) is 12.1 Å². The first-order valence-corrected chi connectivity index (χ1v) is 4.84. The molecule has 0 aromatic heterocycles. The van der Waals surface area contributed by atoms with E-state index >= 15 is 0 Å². The second kappa shape index (κ2) is 5.58. The molecule has 0 saturated heterocycles. The predicted molar refractivity (Wildman–Crippen MR) is 55.1 cm³/mol. The number of ether oxygens (including phenoxy) is 2. The van der Waals surface area contributed by atoms with Crippen molar-refractivity contribution in [3.63, 3.8) is 0 Å². The zero-order valence-electron chi connectivity index (χ0n) is 9.61. The van der Waals surface area contributed by atoms with Crippen molar-refractivity contribution in [2.45, 2.75) is 13.0 Å². The lowest BCUT2D eigenvalue weighted by molar-refractivity contribution is -0.275. The molecule has 0 unspecified atom stereocenters. The van der Waals surface area contributed by atoms with E-state index in [1.54, 1.807) is 6.07 Å². The normalized spacial score (nSPS) is 10.7. The quantitative estimate of drug-likeness (QED) is 0.850. The van der Waals surface area contributed by atoms with Crippen molar-refractivity contribution in [3.05, 3.63) is 28.8 Å². The van der Waals surface area contributed by atoms with E-state index in [9.17, 15) is 18.0 Å². The van der Waals surface area contributed by atoms with Crippen molar-refractivity contribution in [2.75, 3.05) is 7.11 Å². The van der Waals surface area contributed by atoms with Crippen molar-refractivity contribution in [2.24, 2.45) is 0 Å². The average molecular weight is 275 g/mol. The molecule has 8 heteroatoms. The van der Waals surface area contributed by atoms with E-state index in [0.717, 1.165) is 19.2 Å². The molecule has 0 radical (unpaired) electrons. The number of nitriles is 1. The minimum absolute atomic E-state index is 0.282. The Kier molecular flexibility index (Phi) is 4.34. The van der Waals surface area contributed by atoms with Gasteiger partial charge in [-0.3, -0.25) is 0 Å².